The van der Waals surface area contributed by atoms with Gasteiger partial charge in [-0.05, 0) is 46.6 Å². The maximum absolute atomic E-state index is 13.0. The van der Waals surface area contributed by atoms with Crippen LogP contribution in [-0.2, 0) is 0 Å². The van der Waals surface area contributed by atoms with E-state index in [1.807, 2.05) is 0 Å². The van der Waals surface area contributed by atoms with Crippen molar-refractivity contribution in [3.05, 3.63) is 45.9 Å². The first-order valence-electron chi connectivity index (χ1n) is 4.74. The molecule has 2 aromatic rings. The van der Waals surface area contributed by atoms with Gasteiger partial charge < -0.3 is 5.11 Å². The molecule has 0 saturated heterocycles. The number of carboxylic acids is 1. The largest absolute Gasteiger partial charge is 0.478 e. The molecule has 0 bridgehead atoms. The monoisotopic (exact) mass is 298 g/mol. The van der Waals surface area contributed by atoms with Gasteiger partial charge in [-0.25, -0.2) is 13.9 Å². The van der Waals surface area contributed by atoms with Gasteiger partial charge in [0.1, 0.15) is 16.0 Å². The minimum atomic E-state index is -1.07. The zero-order chi connectivity index (χ0) is 12.6. The smallest absolute Gasteiger partial charge is 0.340 e. The molecule has 4 nitrogen and oxygen atoms in total. The van der Waals surface area contributed by atoms with Crippen molar-refractivity contribution in [2.24, 2.45) is 0 Å². The highest BCUT2D eigenvalue weighted by molar-refractivity contribution is 9.10. The van der Waals surface area contributed by atoms with Crippen LogP contribution in [0.2, 0.25) is 0 Å². The Morgan fingerprint density at radius 1 is 1.53 bits per heavy atom. The Morgan fingerprint density at radius 2 is 2.24 bits per heavy atom. The predicted octanol–water partition coefficient (Wildman–Crippen LogP) is 2.78. The van der Waals surface area contributed by atoms with E-state index >= 15 is 0 Å². The number of halogens is 2. The summed E-state index contributed by atoms with van der Waals surface area (Å²) in [5.74, 6) is -1.41. The van der Waals surface area contributed by atoms with Gasteiger partial charge in [0.15, 0.2) is 0 Å². The lowest BCUT2D eigenvalue weighted by molar-refractivity contribution is 0.0696. The molecule has 0 atom stereocenters. The molecule has 1 aromatic carbocycles. The fourth-order valence-corrected chi connectivity index (χ4v) is 2.06. The topological polar surface area (TPSA) is 55.1 Å². The molecule has 0 aliphatic rings. The normalized spacial score (nSPS) is 10.5. The molecule has 17 heavy (non-hydrogen) atoms. The van der Waals surface area contributed by atoms with Gasteiger partial charge in [-0.1, -0.05) is 0 Å². The quantitative estimate of drug-likeness (QED) is 0.927. The number of nitrogens with zero attached hydrogens (tertiary/aromatic N) is 2. The molecular weight excluding hydrogens is 291 g/mol. The second-order valence-electron chi connectivity index (χ2n) is 3.50. The van der Waals surface area contributed by atoms with E-state index in [0.29, 0.717) is 15.9 Å². The molecule has 0 spiro atoms. The van der Waals surface area contributed by atoms with Crippen molar-refractivity contribution in [1.82, 2.24) is 9.78 Å². The first kappa shape index (κ1) is 11.8. The van der Waals surface area contributed by atoms with E-state index in [1.54, 1.807) is 13.0 Å². The van der Waals surface area contributed by atoms with Crippen LogP contribution in [0.3, 0.4) is 0 Å². The maximum Gasteiger partial charge on any atom is 0.340 e. The SMILES string of the molecule is Cc1cc(F)ccc1-n1ncc(C(=O)O)c1Br. The second kappa shape index (κ2) is 4.29. The Morgan fingerprint density at radius 3 is 2.76 bits per heavy atom. The molecule has 88 valence electrons. The van der Waals surface area contributed by atoms with Gasteiger partial charge in [-0.3, -0.25) is 0 Å². The molecule has 0 radical (unpaired) electrons. The molecule has 0 fully saturated rings. The minimum absolute atomic E-state index is 0.0636. The molecule has 0 amide bonds. The summed E-state index contributed by atoms with van der Waals surface area (Å²) in [6.45, 7) is 1.73. The van der Waals surface area contributed by atoms with Crippen molar-refractivity contribution >= 4 is 21.9 Å². The van der Waals surface area contributed by atoms with Crippen LogP contribution < -0.4 is 0 Å². The molecule has 1 heterocycles. The van der Waals surface area contributed by atoms with Gasteiger partial charge >= 0.3 is 5.97 Å². The van der Waals surface area contributed by atoms with Gasteiger partial charge in [0, 0.05) is 0 Å². The van der Waals surface area contributed by atoms with Crippen LogP contribution in [0.25, 0.3) is 5.69 Å². The average molecular weight is 299 g/mol. The summed E-state index contributed by atoms with van der Waals surface area (Å²) in [6.07, 6.45) is 1.25. The highest BCUT2D eigenvalue weighted by atomic mass is 79.9. The Bertz CT molecular complexity index is 595. The summed E-state index contributed by atoms with van der Waals surface area (Å²) < 4.78 is 14.7. The lowest BCUT2D eigenvalue weighted by Crippen LogP contribution is -2.01. The highest BCUT2D eigenvalue weighted by Crippen LogP contribution is 2.23. The Labute approximate surface area is 105 Å². The summed E-state index contributed by atoms with van der Waals surface area (Å²) in [5, 5.41) is 12.9. The van der Waals surface area contributed by atoms with Crippen LogP contribution in [0.1, 0.15) is 15.9 Å². The van der Waals surface area contributed by atoms with E-state index in [1.165, 1.54) is 23.0 Å². The van der Waals surface area contributed by atoms with Crippen LogP contribution in [0.5, 0.6) is 0 Å². The van der Waals surface area contributed by atoms with E-state index in [9.17, 15) is 9.18 Å². The number of rotatable bonds is 2. The van der Waals surface area contributed by atoms with Crippen molar-refractivity contribution in [1.29, 1.82) is 0 Å². The van der Waals surface area contributed by atoms with E-state index < -0.39 is 5.97 Å². The summed E-state index contributed by atoms with van der Waals surface area (Å²) >= 11 is 3.17. The van der Waals surface area contributed by atoms with Crippen molar-refractivity contribution in [3.8, 4) is 5.69 Å². The predicted molar refractivity (Wildman–Crippen MR) is 62.9 cm³/mol. The molecule has 1 aromatic heterocycles. The number of hydrogen-bond acceptors (Lipinski definition) is 2. The van der Waals surface area contributed by atoms with Crippen LogP contribution in [0, 0.1) is 12.7 Å². The van der Waals surface area contributed by atoms with Gasteiger partial charge in [0.25, 0.3) is 0 Å². The summed E-state index contributed by atoms with van der Waals surface area (Å²) in [7, 11) is 0. The number of carboxylic acid groups (broad SMARTS) is 1. The first-order valence-corrected chi connectivity index (χ1v) is 5.53. The third-order valence-electron chi connectivity index (χ3n) is 2.33. The van der Waals surface area contributed by atoms with E-state index in [2.05, 4.69) is 21.0 Å². The number of aromatic carboxylic acids is 1. The molecule has 0 aliphatic carbocycles. The Hall–Kier alpha value is -1.69. The highest BCUT2D eigenvalue weighted by Gasteiger charge is 2.16. The summed E-state index contributed by atoms with van der Waals surface area (Å²) in [6, 6.07) is 4.22. The van der Waals surface area contributed by atoms with Crippen molar-refractivity contribution in [3.63, 3.8) is 0 Å². The van der Waals surface area contributed by atoms with Crippen molar-refractivity contribution in [2.45, 2.75) is 6.92 Å². The standard InChI is InChI=1S/C11H8BrFN2O2/c1-6-4-7(13)2-3-9(6)15-10(12)8(5-14-15)11(16)17/h2-5H,1H3,(H,16,17). The number of aromatic nitrogens is 2. The van der Waals surface area contributed by atoms with Gasteiger partial charge in [0.2, 0.25) is 0 Å². The van der Waals surface area contributed by atoms with Crippen LogP contribution in [0.4, 0.5) is 4.39 Å². The molecule has 1 N–H and O–H groups in total. The number of hydrogen-bond donors (Lipinski definition) is 1. The Kier molecular flexibility index (Phi) is 2.97. The van der Waals surface area contributed by atoms with Crippen LogP contribution >= 0.6 is 15.9 Å². The molecule has 0 unspecified atom stereocenters. The van der Waals surface area contributed by atoms with Gasteiger partial charge in [-0.2, -0.15) is 5.10 Å². The van der Waals surface area contributed by atoms with E-state index in [0.717, 1.165) is 0 Å². The van der Waals surface area contributed by atoms with Crippen LogP contribution in [0.15, 0.2) is 29.0 Å². The van der Waals surface area contributed by atoms with Gasteiger partial charge in [-0.15, -0.1) is 0 Å². The molecule has 2 rings (SSSR count). The number of benzene rings is 1. The Balaban J connectivity index is 2.57. The molecule has 0 saturated carbocycles. The van der Waals surface area contributed by atoms with Crippen molar-refractivity contribution in [2.75, 3.05) is 0 Å². The first-order chi connectivity index (χ1) is 8.00. The zero-order valence-corrected chi connectivity index (χ0v) is 10.4. The van der Waals surface area contributed by atoms with Crippen LogP contribution in [-0.4, -0.2) is 20.9 Å². The fourth-order valence-electron chi connectivity index (χ4n) is 1.50. The van der Waals surface area contributed by atoms with Crippen molar-refractivity contribution < 1.29 is 14.3 Å². The number of aryl methyl sites for hydroxylation is 1. The zero-order valence-electron chi connectivity index (χ0n) is 8.82. The minimum Gasteiger partial charge on any atom is -0.478 e. The third kappa shape index (κ3) is 2.08. The number of carbonyl (C=O) groups is 1. The lowest BCUT2D eigenvalue weighted by atomic mass is 10.2. The summed E-state index contributed by atoms with van der Waals surface area (Å²) in [4.78, 5) is 10.9. The molecule has 0 aliphatic heterocycles. The fraction of sp³-hybridized carbons (Fsp3) is 0.0909. The molecular formula is C11H8BrFN2O2. The lowest BCUT2D eigenvalue weighted by Gasteiger charge is -2.07. The third-order valence-corrected chi connectivity index (χ3v) is 3.09. The van der Waals surface area contributed by atoms with E-state index in [-0.39, 0.29) is 11.4 Å². The maximum atomic E-state index is 13.0. The average Bonchev–Trinajstić information content (AvgIpc) is 2.60. The van der Waals surface area contributed by atoms with E-state index in [4.69, 9.17) is 5.11 Å². The summed E-state index contributed by atoms with van der Waals surface area (Å²) in [5.41, 5.74) is 1.37. The van der Waals surface area contributed by atoms with Gasteiger partial charge in [0.05, 0.1) is 11.9 Å². The second-order valence-corrected chi connectivity index (χ2v) is 4.25. The molecule has 6 heteroatoms.